The highest BCUT2D eigenvalue weighted by Crippen LogP contribution is 2.06. The number of fused-ring (bicyclic) bond motifs is 1. The zero-order valence-corrected chi connectivity index (χ0v) is 10.0. The van der Waals surface area contributed by atoms with Crippen molar-refractivity contribution in [2.75, 3.05) is 5.75 Å². The van der Waals surface area contributed by atoms with Crippen LogP contribution in [0.2, 0.25) is 0 Å². The van der Waals surface area contributed by atoms with E-state index in [2.05, 4.69) is 24.5 Å². The van der Waals surface area contributed by atoms with Gasteiger partial charge in [-0.1, -0.05) is 19.1 Å². The Morgan fingerprint density at radius 1 is 1.44 bits per heavy atom. The maximum atomic E-state index is 12.1. The third kappa shape index (κ3) is 2.11. The summed E-state index contributed by atoms with van der Waals surface area (Å²) >= 11 is 4.22. The van der Waals surface area contributed by atoms with Gasteiger partial charge in [0.25, 0.3) is 5.56 Å². The van der Waals surface area contributed by atoms with E-state index in [0.717, 1.165) is 11.3 Å². The van der Waals surface area contributed by atoms with Gasteiger partial charge in [0.2, 0.25) is 0 Å². The highest BCUT2D eigenvalue weighted by Gasteiger charge is 2.06. The Morgan fingerprint density at radius 2 is 2.19 bits per heavy atom. The molecular formula is C12H14N2OS. The van der Waals surface area contributed by atoms with Crippen LogP contribution in [0.1, 0.15) is 6.92 Å². The fourth-order valence-corrected chi connectivity index (χ4v) is 1.75. The summed E-state index contributed by atoms with van der Waals surface area (Å²) < 4.78 is 1.66. The molecule has 0 spiro atoms. The first-order valence-electron chi connectivity index (χ1n) is 5.27. The molecule has 0 bridgehead atoms. The lowest BCUT2D eigenvalue weighted by molar-refractivity contribution is 0.516. The van der Waals surface area contributed by atoms with Gasteiger partial charge in [-0.05, 0) is 23.8 Å². The normalized spacial score (nSPS) is 12.9. The van der Waals surface area contributed by atoms with Crippen LogP contribution >= 0.6 is 12.6 Å². The van der Waals surface area contributed by atoms with Crippen molar-refractivity contribution in [3.63, 3.8) is 0 Å². The molecule has 3 nitrogen and oxygen atoms in total. The van der Waals surface area contributed by atoms with Gasteiger partial charge >= 0.3 is 0 Å². The second-order valence-electron chi connectivity index (χ2n) is 4.01. The third-order valence-electron chi connectivity index (χ3n) is 2.55. The van der Waals surface area contributed by atoms with Gasteiger partial charge in [-0.15, -0.1) is 0 Å². The summed E-state index contributed by atoms with van der Waals surface area (Å²) in [4.78, 5) is 16.3. The summed E-state index contributed by atoms with van der Waals surface area (Å²) in [5, 5.41) is 0.677. The molecule has 2 aromatic rings. The van der Waals surface area contributed by atoms with E-state index < -0.39 is 0 Å². The predicted molar refractivity (Wildman–Crippen MR) is 69.0 cm³/mol. The van der Waals surface area contributed by atoms with Crippen LogP contribution in [-0.4, -0.2) is 15.3 Å². The summed E-state index contributed by atoms with van der Waals surface area (Å²) in [6.45, 7) is 2.73. The Balaban J connectivity index is 2.49. The number of para-hydroxylation sites is 1. The van der Waals surface area contributed by atoms with E-state index in [0.29, 0.717) is 17.8 Å². The second-order valence-corrected chi connectivity index (χ2v) is 4.37. The number of nitrogens with zero attached hydrogens (tertiary/aromatic N) is 2. The van der Waals surface area contributed by atoms with E-state index in [4.69, 9.17) is 0 Å². The highest BCUT2D eigenvalue weighted by atomic mass is 32.1. The molecule has 1 aromatic heterocycles. The molecule has 0 saturated carbocycles. The molecule has 1 aromatic carbocycles. The Hall–Kier alpha value is -1.29. The number of benzene rings is 1. The van der Waals surface area contributed by atoms with Crippen LogP contribution in [0.4, 0.5) is 0 Å². The number of thiol groups is 1. The highest BCUT2D eigenvalue weighted by molar-refractivity contribution is 7.80. The van der Waals surface area contributed by atoms with E-state index in [1.807, 2.05) is 24.3 Å². The zero-order valence-electron chi connectivity index (χ0n) is 9.13. The SMILES string of the molecule is CC(CS)Cn1cnc2ccccc2c1=O. The van der Waals surface area contributed by atoms with Crippen molar-refractivity contribution in [3.8, 4) is 0 Å². The van der Waals surface area contributed by atoms with Crippen LogP contribution in [0.15, 0.2) is 35.4 Å². The number of aromatic nitrogens is 2. The molecular weight excluding hydrogens is 220 g/mol. The molecule has 84 valence electrons. The molecule has 0 amide bonds. The standard InChI is InChI=1S/C12H14N2OS/c1-9(7-16)6-14-8-13-11-5-3-2-4-10(11)12(14)15/h2-5,8-9,16H,6-7H2,1H3. The van der Waals surface area contributed by atoms with E-state index in [-0.39, 0.29) is 5.56 Å². The van der Waals surface area contributed by atoms with Gasteiger partial charge in [-0.2, -0.15) is 12.6 Å². The monoisotopic (exact) mass is 234 g/mol. The molecule has 1 heterocycles. The van der Waals surface area contributed by atoms with Crippen LogP contribution in [0.5, 0.6) is 0 Å². The minimum Gasteiger partial charge on any atom is -0.298 e. The third-order valence-corrected chi connectivity index (χ3v) is 3.17. The Labute approximate surface area is 99.5 Å². The summed E-state index contributed by atoms with van der Waals surface area (Å²) in [6, 6.07) is 7.41. The molecule has 0 aliphatic heterocycles. The number of hydrogen-bond acceptors (Lipinski definition) is 3. The number of hydrogen-bond donors (Lipinski definition) is 1. The molecule has 0 N–H and O–H groups in total. The van der Waals surface area contributed by atoms with Crippen molar-refractivity contribution in [3.05, 3.63) is 40.9 Å². The summed E-state index contributed by atoms with van der Waals surface area (Å²) in [5.74, 6) is 1.13. The fourth-order valence-electron chi connectivity index (χ4n) is 1.63. The van der Waals surface area contributed by atoms with Gasteiger partial charge in [0.15, 0.2) is 0 Å². The van der Waals surface area contributed by atoms with Crippen molar-refractivity contribution in [2.24, 2.45) is 5.92 Å². The predicted octanol–water partition coefficient (Wildman–Crippen LogP) is 1.96. The van der Waals surface area contributed by atoms with Crippen molar-refractivity contribution in [1.82, 2.24) is 9.55 Å². The minimum atomic E-state index is 0.0271. The maximum Gasteiger partial charge on any atom is 0.261 e. The summed E-state index contributed by atoms with van der Waals surface area (Å²) in [5.41, 5.74) is 0.779. The van der Waals surface area contributed by atoms with Gasteiger partial charge in [-0.3, -0.25) is 9.36 Å². The first-order chi connectivity index (χ1) is 7.72. The molecule has 1 unspecified atom stereocenters. The van der Waals surface area contributed by atoms with E-state index in [1.165, 1.54) is 0 Å². The first kappa shape index (κ1) is 11.2. The van der Waals surface area contributed by atoms with E-state index in [1.54, 1.807) is 10.9 Å². The van der Waals surface area contributed by atoms with Gasteiger partial charge in [-0.25, -0.2) is 4.98 Å². The second kappa shape index (κ2) is 4.70. The quantitative estimate of drug-likeness (QED) is 0.824. The molecule has 0 aliphatic rings. The molecule has 16 heavy (non-hydrogen) atoms. The Bertz CT molecular complexity index is 550. The average Bonchev–Trinajstić information content (AvgIpc) is 2.33. The first-order valence-corrected chi connectivity index (χ1v) is 5.90. The molecule has 0 radical (unpaired) electrons. The summed E-state index contributed by atoms with van der Waals surface area (Å²) in [7, 11) is 0. The lowest BCUT2D eigenvalue weighted by Gasteiger charge is -2.10. The topological polar surface area (TPSA) is 34.9 Å². The Morgan fingerprint density at radius 3 is 2.94 bits per heavy atom. The molecule has 1 atom stereocenters. The largest absolute Gasteiger partial charge is 0.298 e. The van der Waals surface area contributed by atoms with Crippen LogP contribution in [0.25, 0.3) is 10.9 Å². The van der Waals surface area contributed by atoms with Crippen molar-refractivity contribution >= 4 is 23.5 Å². The molecule has 0 aliphatic carbocycles. The van der Waals surface area contributed by atoms with Gasteiger partial charge in [0.1, 0.15) is 0 Å². The maximum absolute atomic E-state index is 12.1. The minimum absolute atomic E-state index is 0.0271. The van der Waals surface area contributed by atoms with E-state index in [9.17, 15) is 4.79 Å². The zero-order chi connectivity index (χ0) is 11.5. The van der Waals surface area contributed by atoms with Crippen LogP contribution in [-0.2, 0) is 6.54 Å². The van der Waals surface area contributed by atoms with Gasteiger partial charge < -0.3 is 0 Å². The molecule has 4 heteroatoms. The van der Waals surface area contributed by atoms with Gasteiger partial charge in [0, 0.05) is 6.54 Å². The Kier molecular flexibility index (Phi) is 3.29. The van der Waals surface area contributed by atoms with Crippen molar-refractivity contribution in [1.29, 1.82) is 0 Å². The molecule has 0 saturated heterocycles. The van der Waals surface area contributed by atoms with Crippen LogP contribution in [0.3, 0.4) is 0 Å². The summed E-state index contributed by atoms with van der Waals surface area (Å²) in [6.07, 6.45) is 1.62. The lowest BCUT2D eigenvalue weighted by atomic mass is 10.2. The molecule has 0 fully saturated rings. The molecule has 2 rings (SSSR count). The average molecular weight is 234 g/mol. The lowest BCUT2D eigenvalue weighted by Crippen LogP contribution is -2.24. The van der Waals surface area contributed by atoms with E-state index >= 15 is 0 Å². The number of rotatable bonds is 3. The van der Waals surface area contributed by atoms with Crippen LogP contribution in [0, 0.1) is 5.92 Å². The van der Waals surface area contributed by atoms with Crippen molar-refractivity contribution in [2.45, 2.75) is 13.5 Å². The fraction of sp³-hybridized carbons (Fsp3) is 0.333. The smallest absolute Gasteiger partial charge is 0.261 e. The van der Waals surface area contributed by atoms with Gasteiger partial charge in [0.05, 0.1) is 17.2 Å². The van der Waals surface area contributed by atoms with Crippen LogP contribution < -0.4 is 5.56 Å². The van der Waals surface area contributed by atoms with Crippen molar-refractivity contribution < 1.29 is 0 Å².